The highest BCUT2D eigenvalue weighted by atomic mass is 16.5. The van der Waals surface area contributed by atoms with Crippen LogP contribution in [0.1, 0.15) is 18.6 Å². The number of carbonyl (C=O) groups is 1. The van der Waals surface area contributed by atoms with Gasteiger partial charge < -0.3 is 24.7 Å². The summed E-state index contributed by atoms with van der Waals surface area (Å²) < 4.78 is 10.8. The molecule has 0 spiro atoms. The minimum absolute atomic E-state index is 0.181. The molecule has 1 aliphatic heterocycles. The number of urea groups is 1. The van der Waals surface area contributed by atoms with Gasteiger partial charge in [-0.25, -0.2) is 4.79 Å². The van der Waals surface area contributed by atoms with Crippen LogP contribution in [0.15, 0.2) is 28.7 Å². The number of furan rings is 1. The molecule has 0 aliphatic carbocycles. The van der Waals surface area contributed by atoms with Crippen LogP contribution in [0.3, 0.4) is 0 Å². The maximum absolute atomic E-state index is 12.2. The third-order valence-corrected chi connectivity index (χ3v) is 4.66. The van der Waals surface area contributed by atoms with Crippen LogP contribution in [0.25, 0.3) is 11.0 Å². The molecule has 1 aromatic heterocycles. The SMILES string of the molecule is COCCCN1CCC(CNC(=O)Nc2cccc3cc(C)oc23)C1. The van der Waals surface area contributed by atoms with E-state index in [1.54, 1.807) is 7.11 Å². The Morgan fingerprint density at radius 2 is 2.32 bits per heavy atom. The second-order valence-electron chi connectivity index (χ2n) is 6.72. The molecular weight excluding hydrogens is 318 g/mol. The molecule has 136 valence electrons. The summed E-state index contributed by atoms with van der Waals surface area (Å²) in [6.07, 6.45) is 2.18. The van der Waals surface area contributed by atoms with Crippen LogP contribution in [0, 0.1) is 12.8 Å². The lowest BCUT2D eigenvalue weighted by Crippen LogP contribution is -2.34. The molecule has 0 bridgehead atoms. The van der Waals surface area contributed by atoms with Gasteiger partial charge in [0.2, 0.25) is 0 Å². The molecule has 2 aromatic rings. The number of para-hydroxylation sites is 1. The van der Waals surface area contributed by atoms with Gasteiger partial charge in [-0.15, -0.1) is 0 Å². The van der Waals surface area contributed by atoms with Crippen molar-refractivity contribution in [3.8, 4) is 0 Å². The van der Waals surface area contributed by atoms with Crippen molar-refractivity contribution in [3.05, 3.63) is 30.0 Å². The second-order valence-corrected chi connectivity index (χ2v) is 6.72. The minimum Gasteiger partial charge on any atom is -0.459 e. The van der Waals surface area contributed by atoms with E-state index in [2.05, 4.69) is 15.5 Å². The fourth-order valence-electron chi connectivity index (χ4n) is 3.41. The molecule has 1 aliphatic rings. The number of likely N-dealkylation sites (tertiary alicyclic amines) is 1. The fourth-order valence-corrected chi connectivity index (χ4v) is 3.41. The summed E-state index contributed by atoms with van der Waals surface area (Å²) in [5.41, 5.74) is 1.43. The quantitative estimate of drug-likeness (QED) is 0.756. The summed E-state index contributed by atoms with van der Waals surface area (Å²) in [4.78, 5) is 14.7. The molecule has 25 heavy (non-hydrogen) atoms. The zero-order valence-corrected chi connectivity index (χ0v) is 15.0. The summed E-state index contributed by atoms with van der Waals surface area (Å²) in [5, 5.41) is 6.89. The first-order valence-electron chi connectivity index (χ1n) is 8.91. The molecule has 2 heterocycles. The summed E-state index contributed by atoms with van der Waals surface area (Å²) in [6.45, 7) is 6.61. The van der Waals surface area contributed by atoms with E-state index in [9.17, 15) is 4.79 Å². The third kappa shape index (κ3) is 4.74. The van der Waals surface area contributed by atoms with Gasteiger partial charge in [-0.1, -0.05) is 12.1 Å². The third-order valence-electron chi connectivity index (χ3n) is 4.66. The van der Waals surface area contributed by atoms with Gasteiger partial charge in [0.05, 0.1) is 5.69 Å². The molecule has 1 saturated heterocycles. The van der Waals surface area contributed by atoms with E-state index in [1.165, 1.54) is 0 Å². The topological polar surface area (TPSA) is 66.7 Å². The van der Waals surface area contributed by atoms with Crippen molar-refractivity contribution in [2.75, 3.05) is 45.2 Å². The molecule has 6 nitrogen and oxygen atoms in total. The molecule has 0 saturated carbocycles. The number of nitrogens with zero attached hydrogens (tertiary/aromatic N) is 1. The van der Waals surface area contributed by atoms with Gasteiger partial charge in [0, 0.05) is 38.7 Å². The predicted molar refractivity (Wildman–Crippen MR) is 99.0 cm³/mol. The number of rotatable bonds is 7. The van der Waals surface area contributed by atoms with E-state index in [1.807, 2.05) is 31.2 Å². The number of hydrogen-bond acceptors (Lipinski definition) is 4. The van der Waals surface area contributed by atoms with Gasteiger partial charge in [-0.3, -0.25) is 0 Å². The summed E-state index contributed by atoms with van der Waals surface area (Å²) in [5.74, 6) is 1.35. The van der Waals surface area contributed by atoms with Crippen LogP contribution >= 0.6 is 0 Å². The van der Waals surface area contributed by atoms with E-state index in [0.29, 0.717) is 18.2 Å². The van der Waals surface area contributed by atoms with Gasteiger partial charge in [0.15, 0.2) is 5.58 Å². The van der Waals surface area contributed by atoms with Crippen LogP contribution in [0.5, 0.6) is 0 Å². The van der Waals surface area contributed by atoms with Gasteiger partial charge >= 0.3 is 6.03 Å². The molecule has 3 rings (SSSR count). The molecule has 2 N–H and O–H groups in total. The van der Waals surface area contributed by atoms with Gasteiger partial charge in [-0.05, 0) is 44.4 Å². The molecule has 1 fully saturated rings. The first kappa shape index (κ1) is 17.8. The molecule has 1 atom stereocenters. The summed E-state index contributed by atoms with van der Waals surface area (Å²) >= 11 is 0. The molecule has 0 radical (unpaired) electrons. The number of ether oxygens (including phenoxy) is 1. The summed E-state index contributed by atoms with van der Waals surface area (Å²) in [7, 11) is 1.74. The number of carbonyl (C=O) groups excluding carboxylic acids is 1. The number of anilines is 1. The van der Waals surface area contributed by atoms with Crippen molar-refractivity contribution in [2.24, 2.45) is 5.92 Å². The Bertz CT molecular complexity index is 713. The minimum atomic E-state index is -0.181. The van der Waals surface area contributed by atoms with Crippen LogP contribution in [0.4, 0.5) is 10.5 Å². The Morgan fingerprint density at radius 1 is 1.44 bits per heavy atom. The number of aryl methyl sites for hydroxylation is 1. The van der Waals surface area contributed by atoms with E-state index in [4.69, 9.17) is 9.15 Å². The molecular formula is C19H27N3O3. The lowest BCUT2D eigenvalue weighted by Gasteiger charge is -2.16. The number of hydrogen-bond donors (Lipinski definition) is 2. The number of amides is 2. The van der Waals surface area contributed by atoms with E-state index >= 15 is 0 Å². The molecule has 6 heteroatoms. The number of nitrogens with one attached hydrogen (secondary N) is 2. The number of methoxy groups -OCH3 is 1. The van der Waals surface area contributed by atoms with Gasteiger partial charge in [0.1, 0.15) is 5.76 Å². The zero-order valence-electron chi connectivity index (χ0n) is 15.0. The van der Waals surface area contributed by atoms with Crippen molar-refractivity contribution >= 4 is 22.7 Å². The highest BCUT2D eigenvalue weighted by molar-refractivity contribution is 5.99. The van der Waals surface area contributed by atoms with Crippen LogP contribution in [-0.2, 0) is 4.74 Å². The Labute approximate surface area is 148 Å². The first-order chi connectivity index (χ1) is 12.2. The zero-order chi connectivity index (χ0) is 17.6. The second kappa shape index (κ2) is 8.36. The smallest absolute Gasteiger partial charge is 0.319 e. The van der Waals surface area contributed by atoms with Crippen LogP contribution in [-0.4, -0.2) is 50.8 Å². The highest BCUT2D eigenvalue weighted by Gasteiger charge is 2.22. The van der Waals surface area contributed by atoms with Crippen molar-refractivity contribution < 1.29 is 13.9 Å². The summed E-state index contributed by atoms with van der Waals surface area (Å²) in [6, 6.07) is 7.54. The molecule has 1 unspecified atom stereocenters. The van der Waals surface area contributed by atoms with Crippen molar-refractivity contribution in [1.29, 1.82) is 0 Å². The maximum Gasteiger partial charge on any atom is 0.319 e. The monoisotopic (exact) mass is 345 g/mol. The predicted octanol–water partition coefficient (Wildman–Crippen LogP) is 3.22. The van der Waals surface area contributed by atoms with E-state index in [-0.39, 0.29) is 6.03 Å². The van der Waals surface area contributed by atoms with Crippen LogP contribution < -0.4 is 10.6 Å². The lowest BCUT2D eigenvalue weighted by molar-refractivity contribution is 0.178. The van der Waals surface area contributed by atoms with Crippen molar-refractivity contribution in [2.45, 2.75) is 19.8 Å². The Morgan fingerprint density at radius 3 is 3.16 bits per heavy atom. The van der Waals surface area contributed by atoms with Gasteiger partial charge in [-0.2, -0.15) is 0 Å². The Hall–Kier alpha value is -2.05. The Balaban J connectivity index is 1.45. The number of benzene rings is 1. The lowest BCUT2D eigenvalue weighted by atomic mass is 10.1. The largest absolute Gasteiger partial charge is 0.459 e. The maximum atomic E-state index is 12.2. The van der Waals surface area contributed by atoms with E-state index < -0.39 is 0 Å². The van der Waals surface area contributed by atoms with Crippen molar-refractivity contribution in [3.63, 3.8) is 0 Å². The molecule has 1 aromatic carbocycles. The number of fused-ring (bicyclic) bond motifs is 1. The average molecular weight is 345 g/mol. The van der Waals surface area contributed by atoms with Crippen molar-refractivity contribution in [1.82, 2.24) is 10.2 Å². The fraction of sp³-hybridized carbons (Fsp3) is 0.526. The normalized spacial score (nSPS) is 17.9. The highest BCUT2D eigenvalue weighted by Crippen LogP contribution is 2.26. The average Bonchev–Trinajstić information content (AvgIpc) is 3.19. The molecule has 2 amide bonds. The standard InChI is InChI=1S/C19H27N3O3/c1-14-11-16-5-3-6-17(18(16)25-14)21-19(23)20-12-15-7-9-22(13-15)8-4-10-24-2/h3,5-6,11,15H,4,7-10,12-13H2,1-2H3,(H2,20,21,23). The van der Waals surface area contributed by atoms with Crippen LogP contribution in [0.2, 0.25) is 0 Å². The van der Waals surface area contributed by atoms with E-state index in [0.717, 1.165) is 55.8 Å². The first-order valence-corrected chi connectivity index (χ1v) is 8.91. The Kier molecular flexibility index (Phi) is 5.94. The van der Waals surface area contributed by atoms with Gasteiger partial charge in [0.25, 0.3) is 0 Å².